The second kappa shape index (κ2) is 19.4. The first-order valence-electron chi connectivity index (χ1n) is 14.0. The van der Waals surface area contributed by atoms with Gasteiger partial charge in [0.25, 0.3) is 0 Å². The van der Waals surface area contributed by atoms with Gasteiger partial charge in [0.15, 0.2) is 0 Å². The van der Waals surface area contributed by atoms with Crippen LogP contribution in [0.25, 0.3) is 0 Å². The monoisotopic (exact) mass is 483 g/mol. The molecule has 4 rings (SSSR count). The number of hydrogen-bond donors (Lipinski definition) is 0. The molecule has 3 heterocycles. The summed E-state index contributed by atoms with van der Waals surface area (Å²) in [7, 11) is 0. The Balaban J connectivity index is 0.000000465. The number of aromatic nitrogens is 2. The van der Waals surface area contributed by atoms with Crippen molar-refractivity contribution < 1.29 is 0 Å². The predicted octanol–water partition coefficient (Wildman–Crippen LogP) is 8.80. The van der Waals surface area contributed by atoms with Gasteiger partial charge in [-0.15, -0.1) is 0 Å². The molecule has 200 valence electrons. The summed E-state index contributed by atoms with van der Waals surface area (Å²) < 4.78 is 0. The molecule has 0 saturated heterocycles. The molecule has 0 fully saturated rings. The average Bonchev–Trinajstić information content (AvgIpc) is 2.78. The molecule has 2 aromatic heterocycles. The number of hydrogen-bond acceptors (Lipinski definition) is 3. The fraction of sp³-hybridized carbons (Fsp3) is 0.688. The molecule has 2 aliphatic rings. The molecule has 0 spiro atoms. The van der Waals surface area contributed by atoms with Crippen molar-refractivity contribution in [2.75, 3.05) is 6.54 Å². The fourth-order valence-corrected chi connectivity index (χ4v) is 3.36. The molecule has 3 nitrogen and oxygen atoms in total. The first kappa shape index (κ1) is 33.3. The molecule has 0 N–H and O–H groups in total. The first-order valence-corrected chi connectivity index (χ1v) is 14.0. The second-order valence-electron chi connectivity index (χ2n) is 11.9. The van der Waals surface area contributed by atoms with E-state index in [2.05, 4.69) is 103 Å². The van der Waals surface area contributed by atoms with Crippen molar-refractivity contribution in [3.05, 3.63) is 59.2 Å². The standard InChI is InChI=1S/C11H16N2.C9H11N.3C4H10/c1-9(2)13-7-5-11-10(8-13)4-3-6-12-11;1-2-6-9-8(4-1)5-3-7-10-9;3*1-4(2)3/h3-4,6,9H,5,7-8H2,1-2H3;3,5,7H,1-2,4,6H2;3*4H,1-3H3. The van der Waals surface area contributed by atoms with E-state index in [0.717, 1.165) is 37.3 Å². The van der Waals surface area contributed by atoms with Gasteiger partial charge >= 0.3 is 0 Å². The molecule has 0 saturated carbocycles. The van der Waals surface area contributed by atoms with Crippen LogP contribution in [0.2, 0.25) is 0 Å². The third kappa shape index (κ3) is 18.2. The van der Waals surface area contributed by atoms with E-state index in [1.807, 2.05) is 24.5 Å². The van der Waals surface area contributed by atoms with Crippen LogP contribution in [-0.2, 0) is 25.8 Å². The van der Waals surface area contributed by atoms with Gasteiger partial charge in [0.05, 0.1) is 0 Å². The molecule has 35 heavy (non-hydrogen) atoms. The number of fused-ring (bicyclic) bond motifs is 2. The Morgan fingerprint density at radius 2 is 1.03 bits per heavy atom. The Morgan fingerprint density at radius 1 is 0.600 bits per heavy atom. The molecule has 3 heteroatoms. The van der Waals surface area contributed by atoms with Crippen LogP contribution in [0.3, 0.4) is 0 Å². The minimum absolute atomic E-state index is 0.647. The minimum Gasteiger partial charge on any atom is -0.296 e. The van der Waals surface area contributed by atoms with Crippen LogP contribution in [0.4, 0.5) is 0 Å². The maximum atomic E-state index is 4.39. The van der Waals surface area contributed by atoms with E-state index in [1.165, 1.54) is 48.2 Å². The Hall–Kier alpha value is -1.74. The van der Waals surface area contributed by atoms with E-state index in [9.17, 15) is 0 Å². The van der Waals surface area contributed by atoms with Gasteiger partial charge in [0, 0.05) is 49.3 Å². The molecule has 1 aliphatic carbocycles. The summed E-state index contributed by atoms with van der Waals surface area (Å²) in [4.78, 5) is 11.2. The van der Waals surface area contributed by atoms with Crippen LogP contribution in [-0.4, -0.2) is 27.5 Å². The van der Waals surface area contributed by atoms with E-state index >= 15 is 0 Å². The number of rotatable bonds is 1. The van der Waals surface area contributed by atoms with Crippen molar-refractivity contribution in [2.45, 2.75) is 121 Å². The second-order valence-corrected chi connectivity index (χ2v) is 11.9. The number of pyridine rings is 2. The van der Waals surface area contributed by atoms with Crippen molar-refractivity contribution in [3.63, 3.8) is 0 Å². The van der Waals surface area contributed by atoms with Crippen LogP contribution < -0.4 is 0 Å². The normalized spacial score (nSPS) is 14.3. The van der Waals surface area contributed by atoms with Gasteiger partial charge in [-0.3, -0.25) is 14.9 Å². The Morgan fingerprint density at radius 3 is 1.49 bits per heavy atom. The summed E-state index contributed by atoms with van der Waals surface area (Å²) in [6, 6.07) is 9.10. The predicted molar refractivity (Wildman–Crippen MR) is 156 cm³/mol. The number of aryl methyl sites for hydroxylation is 2. The van der Waals surface area contributed by atoms with Crippen molar-refractivity contribution >= 4 is 0 Å². The molecule has 0 amide bonds. The van der Waals surface area contributed by atoms with Gasteiger partial charge in [-0.2, -0.15) is 0 Å². The Bertz CT molecular complexity index is 717. The van der Waals surface area contributed by atoms with E-state index in [1.54, 1.807) is 0 Å². The highest BCUT2D eigenvalue weighted by atomic mass is 15.2. The smallest absolute Gasteiger partial charge is 0.0461 e. The van der Waals surface area contributed by atoms with Crippen molar-refractivity contribution in [1.82, 2.24) is 14.9 Å². The highest BCUT2D eigenvalue weighted by Crippen LogP contribution is 2.18. The summed E-state index contributed by atoms with van der Waals surface area (Å²) in [6.07, 6.45) is 9.99. The molecule has 2 aromatic rings. The maximum Gasteiger partial charge on any atom is 0.0461 e. The van der Waals surface area contributed by atoms with Crippen LogP contribution in [0.1, 0.15) is 112 Å². The lowest BCUT2D eigenvalue weighted by atomic mass is 9.96. The zero-order chi connectivity index (χ0) is 26.8. The quantitative estimate of drug-likeness (QED) is 0.406. The third-order valence-electron chi connectivity index (χ3n) is 4.82. The van der Waals surface area contributed by atoms with Gasteiger partial charge in [0.2, 0.25) is 0 Å². The molecular formula is C32H57N3. The lowest BCUT2D eigenvalue weighted by Crippen LogP contribution is -2.36. The lowest BCUT2D eigenvalue weighted by molar-refractivity contribution is 0.202. The topological polar surface area (TPSA) is 29.0 Å². The van der Waals surface area contributed by atoms with Gasteiger partial charge in [-0.1, -0.05) is 74.4 Å². The summed E-state index contributed by atoms with van der Waals surface area (Å²) in [5.41, 5.74) is 5.49. The van der Waals surface area contributed by atoms with Crippen LogP contribution in [0.15, 0.2) is 36.7 Å². The summed E-state index contributed by atoms with van der Waals surface area (Å²) in [6.45, 7) is 26.2. The first-order chi connectivity index (χ1) is 16.4. The zero-order valence-electron chi connectivity index (χ0n) is 25.1. The Labute approximate surface area is 219 Å². The number of nitrogens with zero attached hydrogens (tertiary/aromatic N) is 3. The maximum absolute atomic E-state index is 4.39. The molecule has 0 bridgehead atoms. The largest absolute Gasteiger partial charge is 0.296 e. The summed E-state index contributed by atoms with van der Waals surface area (Å²) in [5, 5.41) is 0. The molecule has 1 aliphatic heterocycles. The van der Waals surface area contributed by atoms with Crippen molar-refractivity contribution in [3.8, 4) is 0 Å². The molecule has 0 aromatic carbocycles. The van der Waals surface area contributed by atoms with Crippen molar-refractivity contribution in [2.24, 2.45) is 17.8 Å². The van der Waals surface area contributed by atoms with Gasteiger partial charge in [-0.25, -0.2) is 0 Å². The van der Waals surface area contributed by atoms with Crippen molar-refractivity contribution in [1.29, 1.82) is 0 Å². The molecular weight excluding hydrogens is 426 g/mol. The Kier molecular flexibility index (Phi) is 18.5. The summed E-state index contributed by atoms with van der Waals surface area (Å²) >= 11 is 0. The third-order valence-corrected chi connectivity index (χ3v) is 4.82. The average molecular weight is 484 g/mol. The van der Waals surface area contributed by atoms with Crippen LogP contribution >= 0.6 is 0 Å². The molecule has 0 radical (unpaired) electrons. The molecule has 0 unspecified atom stereocenters. The van der Waals surface area contributed by atoms with E-state index < -0.39 is 0 Å². The zero-order valence-corrected chi connectivity index (χ0v) is 25.1. The van der Waals surface area contributed by atoms with E-state index in [-0.39, 0.29) is 0 Å². The fourth-order valence-electron chi connectivity index (χ4n) is 3.36. The van der Waals surface area contributed by atoms with Crippen LogP contribution in [0, 0.1) is 17.8 Å². The van der Waals surface area contributed by atoms with Gasteiger partial charge in [-0.05, 0) is 80.5 Å². The highest BCUT2D eigenvalue weighted by molar-refractivity contribution is 5.22. The van der Waals surface area contributed by atoms with E-state index in [4.69, 9.17) is 0 Å². The molecule has 0 atom stereocenters. The van der Waals surface area contributed by atoms with Crippen LogP contribution in [0.5, 0.6) is 0 Å². The van der Waals surface area contributed by atoms with E-state index in [0.29, 0.717) is 6.04 Å². The highest BCUT2D eigenvalue weighted by Gasteiger charge is 2.18. The SMILES string of the molecule is CC(C)C.CC(C)C.CC(C)C.CC(C)N1CCc2ncccc2C1.c1cnc2c(c1)CCCC2. The minimum atomic E-state index is 0.647. The van der Waals surface area contributed by atoms with Gasteiger partial charge < -0.3 is 0 Å². The summed E-state index contributed by atoms with van der Waals surface area (Å²) in [5.74, 6) is 2.50. The lowest BCUT2D eigenvalue weighted by Gasteiger charge is -2.31. The van der Waals surface area contributed by atoms with Gasteiger partial charge in [0.1, 0.15) is 0 Å².